The largest absolute Gasteiger partial charge is 0.324 e. The minimum atomic E-state index is 0.0472. The maximum Gasteiger partial charge on any atom is 0.0278 e. The molecule has 2 atom stereocenters. The summed E-state index contributed by atoms with van der Waals surface area (Å²) in [6, 6.07) is 34.0. The quantitative estimate of drug-likeness (QED) is 0.322. The molecule has 0 amide bonds. The van der Waals surface area contributed by atoms with E-state index in [0.29, 0.717) is 0 Å². The number of rotatable bonds is 2. The number of fused-ring (bicyclic) bond motifs is 3. The molecule has 0 saturated heterocycles. The van der Waals surface area contributed by atoms with Crippen molar-refractivity contribution in [2.24, 2.45) is 11.5 Å². The third-order valence-corrected chi connectivity index (χ3v) is 5.57. The van der Waals surface area contributed by atoms with E-state index < -0.39 is 0 Å². The van der Waals surface area contributed by atoms with Gasteiger partial charge in [-0.1, -0.05) is 84.9 Å². The Kier molecular flexibility index (Phi) is 5.80. The maximum atomic E-state index is 6.15. The molecule has 5 aromatic carbocycles. The average Bonchev–Trinajstić information content (AvgIpc) is 2.77. The first-order valence-electron chi connectivity index (χ1n) is 10.4. The van der Waals surface area contributed by atoms with Crippen LogP contribution in [-0.2, 0) is 0 Å². The van der Waals surface area contributed by atoms with Crippen LogP contribution >= 0.6 is 0 Å². The van der Waals surface area contributed by atoms with E-state index in [0.717, 1.165) is 0 Å². The Hall–Kier alpha value is -3.20. The fourth-order valence-corrected chi connectivity index (χ4v) is 4.03. The molecular weight excluding hydrogens is 364 g/mol. The van der Waals surface area contributed by atoms with Gasteiger partial charge in [0.05, 0.1) is 0 Å². The first-order valence-corrected chi connectivity index (χ1v) is 10.4. The SMILES string of the molecule is CC(N)c1c2ccccc2cc2ccccc12.CC(N)c1ccc2ccccc2c1. The van der Waals surface area contributed by atoms with Gasteiger partial charge in [-0.2, -0.15) is 0 Å². The van der Waals surface area contributed by atoms with Gasteiger partial charge in [-0.25, -0.2) is 0 Å². The molecule has 0 fully saturated rings. The lowest BCUT2D eigenvalue weighted by atomic mass is 9.93. The van der Waals surface area contributed by atoms with E-state index in [2.05, 4.69) is 84.9 Å². The number of nitrogens with two attached hydrogens (primary N) is 2. The van der Waals surface area contributed by atoms with Crippen molar-refractivity contribution in [1.29, 1.82) is 0 Å². The van der Waals surface area contributed by atoms with Crippen molar-refractivity contribution >= 4 is 32.3 Å². The highest BCUT2D eigenvalue weighted by Crippen LogP contribution is 2.31. The zero-order valence-electron chi connectivity index (χ0n) is 17.5. The molecule has 2 heteroatoms. The molecule has 4 N–H and O–H groups in total. The van der Waals surface area contributed by atoms with Gasteiger partial charge in [0.1, 0.15) is 0 Å². The van der Waals surface area contributed by atoms with Crippen LogP contribution in [0.5, 0.6) is 0 Å². The molecule has 0 aliphatic rings. The molecule has 0 spiro atoms. The Morgan fingerprint density at radius 3 is 1.53 bits per heavy atom. The molecule has 0 bridgehead atoms. The maximum absolute atomic E-state index is 6.15. The summed E-state index contributed by atoms with van der Waals surface area (Å²) in [5.74, 6) is 0. The molecule has 2 unspecified atom stereocenters. The lowest BCUT2D eigenvalue weighted by Crippen LogP contribution is -2.06. The highest BCUT2D eigenvalue weighted by Gasteiger charge is 2.10. The van der Waals surface area contributed by atoms with Crippen molar-refractivity contribution in [3.8, 4) is 0 Å². The van der Waals surface area contributed by atoms with Crippen molar-refractivity contribution < 1.29 is 0 Å². The summed E-state index contributed by atoms with van der Waals surface area (Å²) in [5, 5.41) is 7.59. The molecule has 5 rings (SSSR count). The second kappa shape index (κ2) is 8.66. The summed E-state index contributed by atoms with van der Waals surface area (Å²) in [6.45, 7) is 4.05. The molecule has 30 heavy (non-hydrogen) atoms. The smallest absolute Gasteiger partial charge is 0.0278 e. The Bertz CT molecular complexity index is 1250. The molecule has 0 aliphatic heterocycles. The Balaban J connectivity index is 0.000000151. The molecule has 2 nitrogen and oxygen atoms in total. The van der Waals surface area contributed by atoms with E-state index in [-0.39, 0.29) is 12.1 Å². The van der Waals surface area contributed by atoms with Gasteiger partial charge >= 0.3 is 0 Å². The van der Waals surface area contributed by atoms with E-state index in [1.165, 1.54) is 43.4 Å². The van der Waals surface area contributed by atoms with Gasteiger partial charge < -0.3 is 11.5 Å². The first kappa shape index (κ1) is 20.1. The van der Waals surface area contributed by atoms with Crippen LogP contribution in [0.15, 0.2) is 97.1 Å². The van der Waals surface area contributed by atoms with Crippen LogP contribution in [0.1, 0.15) is 37.1 Å². The Labute approximate surface area is 178 Å². The van der Waals surface area contributed by atoms with Crippen LogP contribution in [0, 0.1) is 0 Å². The van der Waals surface area contributed by atoms with Crippen LogP contribution in [-0.4, -0.2) is 0 Å². The van der Waals surface area contributed by atoms with Gasteiger partial charge in [0.25, 0.3) is 0 Å². The summed E-state index contributed by atoms with van der Waals surface area (Å²) >= 11 is 0. The molecule has 0 radical (unpaired) electrons. The van der Waals surface area contributed by atoms with Gasteiger partial charge in [-0.05, 0) is 69.4 Å². The second-order valence-electron chi connectivity index (χ2n) is 7.92. The van der Waals surface area contributed by atoms with Crippen molar-refractivity contribution in [1.82, 2.24) is 0 Å². The fraction of sp³-hybridized carbons (Fsp3) is 0.143. The monoisotopic (exact) mass is 392 g/mol. The van der Waals surface area contributed by atoms with Crippen LogP contribution in [0.25, 0.3) is 32.3 Å². The lowest BCUT2D eigenvalue weighted by Gasteiger charge is -2.14. The zero-order valence-corrected chi connectivity index (χ0v) is 17.5. The predicted molar refractivity (Wildman–Crippen MR) is 131 cm³/mol. The van der Waals surface area contributed by atoms with Crippen molar-refractivity contribution in [2.45, 2.75) is 25.9 Å². The van der Waals surface area contributed by atoms with Crippen LogP contribution < -0.4 is 11.5 Å². The first-order chi connectivity index (χ1) is 14.5. The van der Waals surface area contributed by atoms with Crippen LogP contribution in [0.2, 0.25) is 0 Å². The van der Waals surface area contributed by atoms with Gasteiger partial charge in [-0.15, -0.1) is 0 Å². The zero-order chi connectivity index (χ0) is 21.1. The summed E-state index contributed by atoms with van der Waals surface area (Å²) in [4.78, 5) is 0. The molecule has 150 valence electrons. The van der Waals surface area contributed by atoms with E-state index in [9.17, 15) is 0 Å². The van der Waals surface area contributed by atoms with Crippen LogP contribution in [0.3, 0.4) is 0 Å². The third-order valence-electron chi connectivity index (χ3n) is 5.57. The molecule has 0 heterocycles. The fourth-order valence-electron chi connectivity index (χ4n) is 4.03. The number of hydrogen-bond donors (Lipinski definition) is 2. The van der Waals surface area contributed by atoms with Gasteiger partial charge in [0.2, 0.25) is 0 Å². The lowest BCUT2D eigenvalue weighted by molar-refractivity contribution is 0.820. The standard InChI is InChI=1S/C16H15N.C12H13N/c1-11(17)16-14-8-4-2-6-12(14)10-13-7-3-5-9-15(13)16;1-9(13)11-7-6-10-4-2-3-5-12(10)8-11/h2-11H,17H2,1H3;2-9H,13H2,1H3. The van der Waals surface area contributed by atoms with E-state index in [4.69, 9.17) is 11.5 Å². The summed E-state index contributed by atoms with van der Waals surface area (Å²) in [7, 11) is 0. The third kappa shape index (κ3) is 4.06. The summed E-state index contributed by atoms with van der Waals surface area (Å²) in [6.07, 6.45) is 0. The molecule has 0 aromatic heterocycles. The van der Waals surface area contributed by atoms with Crippen LogP contribution in [0.4, 0.5) is 0 Å². The topological polar surface area (TPSA) is 52.0 Å². The molecule has 5 aromatic rings. The molecular formula is C28H28N2. The minimum absolute atomic E-state index is 0.0472. The highest BCUT2D eigenvalue weighted by molar-refractivity contribution is 6.02. The van der Waals surface area contributed by atoms with Crippen molar-refractivity contribution in [3.63, 3.8) is 0 Å². The molecule has 0 aliphatic carbocycles. The normalized spacial score (nSPS) is 13.1. The number of benzene rings is 5. The highest BCUT2D eigenvalue weighted by atomic mass is 14.6. The van der Waals surface area contributed by atoms with Crippen molar-refractivity contribution in [3.05, 3.63) is 108 Å². The average molecular weight is 393 g/mol. The van der Waals surface area contributed by atoms with Crippen molar-refractivity contribution in [2.75, 3.05) is 0 Å². The van der Waals surface area contributed by atoms with Gasteiger partial charge in [0.15, 0.2) is 0 Å². The van der Waals surface area contributed by atoms with E-state index in [1.54, 1.807) is 0 Å². The molecule has 0 saturated carbocycles. The summed E-state index contributed by atoms with van der Waals surface area (Å²) < 4.78 is 0. The Morgan fingerprint density at radius 2 is 1.00 bits per heavy atom. The minimum Gasteiger partial charge on any atom is -0.324 e. The number of hydrogen-bond acceptors (Lipinski definition) is 2. The van der Waals surface area contributed by atoms with E-state index in [1.807, 2.05) is 26.0 Å². The predicted octanol–water partition coefficient (Wildman–Crippen LogP) is 6.87. The Morgan fingerprint density at radius 1 is 0.500 bits per heavy atom. The van der Waals surface area contributed by atoms with Gasteiger partial charge in [0, 0.05) is 12.1 Å². The second-order valence-corrected chi connectivity index (χ2v) is 7.92. The van der Waals surface area contributed by atoms with Gasteiger partial charge in [-0.3, -0.25) is 0 Å². The summed E-state index contributed by atoms with van der Waals surface area (Å²) in [5.41, 5.74) is 14.4. The van der Waals surface area contributed by atoms with E-state index >= 15 is 0 Å².